The first kappa shape index (κ1) is 13.8. The second-order valence-corrected chi connectivity index (χ2v) is 4.59. The Morgan fingerprint density at radius 3 is 2.71 bits per heavy atom. The molecule has 98 valence electrons. The largest absolute Gasteiger partial charge is 0.480 e. The summed E-state index contributed by atoms with van der Waals surface area (Å²) in [5, 5.41) is 11.6. The lowest BCUT2D eigenvalue weighted by Gasteiger charge is -2.24. The quantitative estimate of drug-likeness (QED) is 0.739. The Kier molecular flexibility index (Phi) is 4.74. The Balaban J connectivity index is 2.36. The molecule has 0 aliphatic carbocycles. The van der Waals surface area contributed by atoms with Crippen LogP contribution in [0.25, 0.3) is 0 Å². The van der Waals surface area contributed by atoms with Crippen LogP contribution < -0.4 is 5.32 Å². The zero-order valence-corrected chi connectivity index (χ0v) is 10.6. The van der Waals surface area contributed by atoms with Crippen LogP contribution >= 0.6 is 0 Å². The highest BCUT2D eigenvalue weighted by molar-refractivity contribution is 5.82. The molecule has 1 aliphatic heterocycles. The lowest BCUT2D eigenvalue weighted by molar-refractivity contribution is -0.141. The van der Waals surface area contributed by atoms with Crippen LogP contribution in [0.5, 0.6) is 0 Å². The predicted molar refractivity (Wildman–Crippen MR) is 63.9 cm³/mol. The van der Waals surface area contributed by atoms with Crippen molar-refractivity contribution in [1.82, 2.24) is 15.1 Å². The van der Waals surface area contributed by atoms with E-state index in [1.165, 1.54) is 18.9 Å². The summed E-state index contributed by atoms with van der Waals surface area (Å²) >= 11 is 0. The van der Waals surface area contributed by atoms with Crippen LogP contribution in [0.1, 0.15) is 19.8 Å². The topological polar surface area (TPSA) is 72.9 Å². The van der Waals surface area contributed by atoms with Crippen LogP contribution in [0, 0.1) is 0 Å². The number of amides is 2. The number of nitrogens with one attached hydrogen (secondary N) is 1. The molecule has 0 bridgehead atoms. The molecule has 1 saturated heterocycles. The number of carbonyl (C=O) groups excluding carboxylic acids is 1. The van der Waals surface area contributed by atoms with Crippen molar-refractivity contribution >= 4 is 12.0 Å². The molecule has 6 nitrogen and oxygen atoms in total. The van der Waals surface area contributed by atoms with Gasteiger partial charge in [0.25, 0.3) is 0 Å². The molecule has 6 heteroatoms. The lowest BCUT2D eigenvalue weighted by Crippen LogP contribution is -2.48. The second-order valence-electron chi connectivity index (χ2n) is 4.59. The van der Waals surface area contributed by atoms with Gasteiger partial charge in [-0.3, -0.25) is 0 Å². The average Bonchev–Trinajstić information content (AvgIpc) is 2.69. The summed E-state index contributed by atoms with van der Waals surface area (Å²) in [6.07, 6.45) is 2.23. The minimum Gasteiger partial charge on any atom is -0.480 e. The molecule has 1 rings (SSSR count). The van der Waals surface area contributed by atoms with E-state index in [0.29, 0.717) is 12.6 Å². The van der Waals surface area contributed by atoms with E-state index in [0.717, 1.165) is 19.4 Å². The third kappa shape index (κ3) is 3.59. The maximum atomic E-state index is 11.7. The molecular formula is C11H21N3O3. The van der Waals surface area contributed by atoms with Gasteiger partial charge in [-0.05, 0) is 33.4 Å². The number of hydrogen-bond donors (Lipinski definition) is 2. The van der Waals surface area contributed by atoms with Crippen molar-refractivity contribution in [3.63, 3.8) is 0 Å². The fraction of sp³-hybridized carbons (Fsp3) is 0.818. The number of hydrogen-bond acceptors (Lipinski definition) is 3. The molecule has 1 aliphatic rings. The molecule has 2 N–H and O–H groups in total. The zero-order valence-electron chi connectivity index (χ0n) is 10.6. The van der Waals surface area contributed by atoms with E-state index in [4.69, 9.17) is 5.11 Å². The number of carbonyl (C=O) groups is 2. The molecule has 2 atom stereocenters. The van der Waals surface area contributed by atoms with E-state index < -0.39 is 12.0 Å². The Morgan fingerprint density at radius 1 is 1.59 bits per heavy atom. The van der Waals surface area contributed by atoms with Gasteiger partial charge in [0.05, 0.1) is 0 Å². The van der Waals surface area contributed by atoms with Gasteiger partial charge in [-0.1, -0.05) is 0 Å². The highest BCUT2D eigenvalue weighted by Gasteiger charge is 2.24. The third-order valence-corrected chi connectivity index (χ3v) is 3.42. The van der Waals surface area contributed by atoms with Crippen LogP contribution in [-0.4, -0.2) is 66.2 Å². The number of carboxylic acids is 1. The first-order valence-electron chi connectivity index (χ1n) is 5.87. The number of nitrogens with zero attached hydrogens (tertiary/aromatic N) is 2. The molecule has 0 aromatic rings. The maximum absolute atomic E-state index is 11.7. The fourth-order valence-corrected chi connectivity index (χ4v) is 1.91. The van der Waals surface area contributed by atoms with Gasteiger partial charge in [-0.15, -0.1) is 0 Å². The van der Waals surface area contributed by atoms with Crippen molar-refractivity contribution in [2.45, 2.75) is 31.8 Å². The van der Waals surface area contributed by atoms with Crippen LogP contribution in [0.2, 0.25) is 0 Å². The highest BCUT2D eigenvalue weighted by Crippen LogP contribution is 2.13. The lowest BCUT2D eigenvalue weighted by atomic mass is 10.2. The van der Waals surface area contributed by atoms with E-state index in [9.17, 15) is 9.59 Å². The molecule has 0 saturated carbocycles. The van der Waals surface area contributed by atoms with Gasteiger partial charge >= 0.3 is 12.0 Å². The van der Waals surface area contributed by atoms with Crippen molar-refractivity contribution < 1.29 is 14.7 Å². The first-order valence-corrected chi connectivity index (χ1v) is 5.87. The second kappa shape index (κ2) is 5.86. The standard InChI is InChI=1S/C11H21N3O3/c1-8(10(15)16)14(3)11(17)12-7-9-5-4-6-13(9)2/h8-9H,4-7H2,1-3H3,(H,12,17)(H,15,16). The van der Waals surface area contributed by atoms with Gasteiger partial charge in [0.1, 0.15) is 6.04 Å². The normalized spacial score (nSPS) is 22.2. The first-order chi connectivity index (χ1) is 7.93. The Hall–Kier alpha value is -1.30. The van der Waals surface area contributed by atoms with E-state index in [1.54, 1.807) is 0 Å². The number of likely N-dealkylation sites (tertiary alicyclic amines) is 1. The van der Waals surface area contributed by atoms with E-state index in [1.807, 2.05) is 7.05 Å². The molecule has 1 fully saturated rings. The molecule has 0 radical (unpaired) electrons. The molecule has 0 spiro atoms. The summed E-state index contributed by atoms with van der Waals surface area (Å²) in [5.41, 5.74) is 0. The molecular weight excluding hydrogens is 222 g/mol. The van der Waals surface area contributed by atoms with Gasteiger partial charge < -0.3 is 20.2 Å². The smallest absolute Gasteiger partial charge is 0.326 e. The van der Waals surface area contributed by atoms with Crippen molar-refractivity contribution in [2.75, 3.05) is 27.2 Å². The average molecular weight is 243 g/mol. The van der Waals surface area contributed by atoms with Gasteiger partial charge in [0.15, 0.2) is 0 Å². The maximum Gasteiger partial charge on any atom is 0.326 e. The van der Waals surface area contributed by atoms with E-state index in [-0.39, 0.29) is 6.03 Å². The number of aliphatic carboxylic acids is 1. The Bertz CT molecular complexity index is 296. The number of rotatable bonds is 4. The third-order valence-electron chi connectivity index (χ3n) is 3.42. The van der Waals surface area contributed by atoms with Crippen molar-refractivity contribution in [3.8, 4) is 0 Å². The van der Waals surface area contributed by atoms with Gasteiger partial charge in [0.2, 0.25) is 0 Å². The Labute approximate surface area is 102 Å². The summed E-state index contributed by atoms with van der Waals surface area (Å²) in [5.74, 6) is -0.999. The van der Waals surface area contributed by atoms with E-state index >= 15 is 0 Å². The summed E-state index contributed by atoms with van der Waals surface area (Å²) in [6.45, 7) is 3.12. The van der Waals surface area contributed by atoms with Crippen molar-refractivity contribution in [3.05, 3.63) is 0 Å². The van der Waals surface area contributed by atoms with Crippen LogP contribution in [0.15, 0.2) is 0 Å². The molecule has 0 aromatic carbocycles. The number of likely N-dealkylation sites (N-methyl/N-ethyl adjacent to an activating group) is 2. The Morgan fingerprint density at radius 2 is 2.24 bits per heavy atom. The molecule has 1 heterocycles. The summed E-state index contributed by atoms with van der Waals surface area (Å²) in [6, 6.07) is -0.774. The predicted octanol–water partition coefficient (Wildman–Crippen LogP) is 0.195. The fourth-order valence-electron chi connectivity index (χ4n) is 1.91. The SMILES string of the molecule is CC(C(=O)O)N(C)C(=O)NCC1CCCN1C. The van der Waals surface area contributed by atoms with Crippen molar-refractivity contribution in [2.24, 2.45) is 0 Å². The molecule has 2 unspecified atom stereocenters. The minimum atomic E-state index is -0.999. The monoisotopic (exact) mass is 243 g/mol. The molecule has 2 amide bonds. The minimum absolute atomic E-state index is 0.333. The summed E-state index contributed by atoms with van der Waals surface area (Å²) in [7, 11) is 3.53. The summed E-state index contributed by atoms with van der Waals surface area (Å²) < 4.78 is 0. The van der Waals surface area contributed by atoms with Gasteiger partial charge in [0, 0.05) is 19.6 Å². The highest BCUT2D eigenvalue weighted by atomic mass is 16.4. The van der Waals surface area contributed by atoms with Crippen LogP contribution in [0.4, 0.5) is 4.79 Å². The number of carboxylic acid groups (broad SMARTS) is 1. The number of urea groups is 1. The van der Waals surface area contributed by atoms with Gasteiger partial charge in [-0.25, -0.2) is 9.59 Å². The van der Waals surface area contributed by atoms with Crippen LogP contribution in [-0.2, 0) is 4.79 Å². The van der Waals surface area contributed by atoms with Gasteiger partial charge in [-0.2, -0.15) is 0 Å². The molecule has 17 heavy (non-hydrogen) atoms. The molecule has 0 aromatic heterocycles. The summed E-state index contributed by atoms with van der Waals surface area (Å²) in [4.78, 5) is 25.8. The van der Waals surface area contributed by atoms with E-state index in [2.05, 4.69) is 10.2 Å². The zero-order chi connectivity index (χ0) is 13.0. The van der Waals surface area contributed by atoms with Crippen molar-refractivity contribution in [1.29, 1.82) is 0 Å². The van der Waals surface area contributed by atoms with Crippen LogP contribution in [0.3, 0.4) is 0 Å².